The largest absolute Gasteiger partial charge is 0.470 e. The van der Waals surface area contributed by atoms with Crippen LogP contribution in [0.4, 0.5) is 0 Å². The van der Waals surface area contributed by atoms with Gasteiger partial charge in [-0.3, -0.25) is 4.52 Å². The third kappa shape index (κ3) is 10.0. The Morgan fingerprint density at radius 3 is 2.05 bits per heavy atom. The molecule has 1 saturated carbocycles. The molecule has 21 heavy (non-hydrogen) atoms. The summed E-state index contributed by atoms with van der Waals surface area (Å²) in [7, 11) is -4.93. The fraction of sp³-hybridized carbons (Fsp3) is 0.909. The molecule has 10 heteroatoms. The van der Waals surface area contributed by atoms with Crippen LogP contribution in [-0.4, -0.2) is 62.4 Å². The molecule has 1 fully saturated rings. The molecule has 1 aliphatic carbocycles. The predicted molar refractivity (Wildman–Crippen MR) is 73.1 cm³/mol. The highest BCUT2D eigenvalue weighted by molar-refractivity contribution is 7.46. The van der Waals surface area contributed by atoms with Gasteiger partial charge in [0.15, 0.2) is 12.4 Å². The standard InChI is InChI=1S/C6H13N.C5H11O8P/c7-6-4-2-1-3-5-6;6-1-3(8)5(9)4(2-7)13-14(10,11)12/h6H,1-5,7H2;2-6,8-9H,1H2,(H2,10,11,12)/t;3-,4+,5-/m.1/s1. The van der Waals surface area contributed by atoms with Gasteiger partial charge in [-0.25, -0.2) is 4.57 Å². The maximum atomic E-state index is 10.3. The van der Waals surface area contributed by atoms with E-state index in [0.717, 1.165) is 0 Å². The number of rotatable bonds is 6. The molecule has 0 aromatic carbocycles. The smallest absolute Gasteiger partial charge is 0.394 e. The van der Waals surface area contributed by atoms with E-state index in [1.54, 1.807) is 0 Å². The summed E-state index contributed by atoms with van der Waals surface area (Å²) in [6.07, 6.45) is 1.08. The Kier molecular flexibility index (Phi) is 10.2. The van der Waals surface area contributed by atoms with E-state index in [-0.39, 0.29) is 6.29 Å². The molecule has 7 N–H and O–H groups in total. The third-order valence-electron chi connectivity index (χ3n) is 2.96. The first kappa shape index (κ1) is 20.6. The first-order chi connectivity index (χ1) is 9.71. The molecule has 0 amide bonds. The Hall–Kier alpha value is -0.380. The number of aliphatic hydroxyl groups excluding tert-OH is 3. The van der Waals surface area contributed by atoms with E-state index in [1.807, 2.05) is 0 Å². The minimum absolute atomic E-state index is 0.0807. The number of hydrogen-bond donors (Lipinski definition) is 6. The molecule has 1 aliphatic rings. The molecular formula is C11H24NO8P. The average Bonchev–Trinajstić information content (AvgIpc) is 2.43. The van der Waals surface area contributed by atoms with Crippen LogP contribution in [0.25, 0.3) is 0 Å². The number of phosphoric acid groups is 1. The molecule has 0 spiro atoms. The zero-order valence-electron chi connectivity index (χ0n) is 11.6. The number of aliphatic hydroxyl groups is 3. The van der Waals surface area contributed by atoms with Crippen LogP contribution in [0.5, 0.6) is 0 Å². The van der Waals surface area contributed by atoms with Gasteiger partial charge in [-0.1, -0.05) is 19.3 Å². The molecule has 0 bridgehead atoms. The lowest BCUT2D eigenvalue weighted by molar-refractivity contribution is -0.126. The molecule has 0 saturated heterocycles. The summed E-state index contributed by atoms with van der Waals surface area (Å²) in [5.41, 5.74) is 5.63. The third-order valence-corrected chi connectivity index (χ3v) is 3.48. The van der Waals surface area contributed by atoms with Crippen LogP contribution >= 0.6 is 7.82 Å². The number of phosphoric ester groups is 1. The van der Waals surface area contributed by atoms with Crippen molar-refractivity contribution >= 4 is 14.1 Å². The highest BCUT2D eigenvalue weighted by Crippen LogP contribution is 2.38. The van der Waals surface area contributed by atoms with Crippen LogP contribution < -0.4 is 5.73 Å². The zero-order chi connectivity index (χ0) is 16.5. The van der Waals surface area contributed by atoms with Crippen molar-refractivity contribution in [2.24, 2.45) is 5.73 Å². The highest BCUT2D eigenvalue weighted by Gasteiger charge is 2.32. The quantitative estimate of drug-likeness (QED) is 0.255. The Labute approximate surface area is 123 Å². The van der Waals surface area contributed by atoms with Gasteiger partial charge in [0.2, 0.25) is 0 Å². The summed E-state index contributed by atoms with van der Waals surface area (Å²) < 4.78 is 14.1. The first-order valence-corrected chi connectivity index (χ1v) is 8.16. The van der Waals surface area contributed by atoms with Gasteiger partial charge >= 0.3 is 7.82 Å². The van der Waals surface area contributed by atoms with E-state index in [0.29, 0.717) is 6.04 Å². The van der Waals surface area contributed by atoms with Gasteiger partial charge in [-0.05, 0) is 12.8 Å². The number of hydrogen-bond acceptors (Lipinski definition) is 7. The summed E-state index contributed by atoms with van der Waals surface area (Å²) >= 11 is 0. The monoisotopic (exact) mass is 329 g/mol. The summed E-state index contributed by atoms with van der Waals surface area (Å²) in [5, 5.41) is 26.2. The highest BCUT2D eigenvalue weighted by atomic mass is 31.2. The summed E-state index contributed by atoms with van der Waals surface area (Å²) in [4.78, 5) is 26.8. The minimum atomic E-state index is -4.93. The molecule has 1 rings (SSSR count). The fourth-order valence-electron chi connectivity index (χ4n) is 1.79. The Morgan fingerprint density at radius 1 is 1.24 bits per heavy atom. The van der Waals surface area contributed by atoms with Gasteiger partial charge in [0.1, 0.15) is 12.2 Å². The number of aldehydes is 1. The molecule has 0 radical (unpaired) electrons. The fourth-order valence-corrected chi connectivity index (χ4v) is 2.28. The predicted octanol–water partition coefficient (Wildman–Crippen LogP) is -1.34. The number of carbonyl (C=O) groups is 1. The average molecular weight is 329 g/mol. The van der Waals surface area contributed by atoms with Crippen LogP contribution in [-0.2, 0) is 13.9 Å². The summed E-state index contributed by atoms with van der Waals surface area (Å²) in [5.74, 6) is 0. The Morgan fingerprint density at radius 2 is 1.76 bits per heavy atom. The van der Waals surface area contributed by atoms with E-state index < -0.39 is 32.7 Å². The van der Waals surface area contributed by atoms with Crippen LogP contribution in [0.3, 0.4) is 0 Å². The zero-order valence-corrected chi connectivity index (χ0v) is 12.5. The lowest BCUT2D eigenvalue weighted by Gasteiger charge is -2.21. The van der Waals surface area contributed by atoms with Crippen LogP contribution in [0.1, 0.15) is 32.1 Å². The van der Waals surface area contributed by atoms with Crippen molar-refractivity contribution in [2.75, 3.05) is 6.61 Å². The topological polar surface area (TPSA) is 171 Å². The van der Waals surface area contributed by atoms with E-state index in [2.05, 4.69) is 4.52 Å². The van der Waals surface area contributed by atoms with Gasteiger partial charge in [0.25, 0.3) is 0 Å². The van der Waals surface area contributed by atoms with E-state index >= 15 is 0 Å². The second-order valence-corrected chi connectivity index (χ2v) is 6.03. The van der Waals surface area contributed by atoms with Crippen LogP contribution in [0.2, 0.25) is 0 Å². The van der Waals surface area contributed by atoms with Crippen molar-refractivity contribution in [1.29, 1.82) is 0 Å². The number of carbonyl (C=O) groups excluding carboxylic acids is 1. The van der Waals surface area contributed by atoms with Gasteiger partial charge in [0.05, 0.1) is 6.61 Å². The lowest BCUT2D eigenvalue weighted by atomic mass is 9.97. The molecule has 0 aromatic rings. The van der Waals surface area contributed by atoms with Gasteiger partial charge in [-0.15, -0.1) is 0 Å². The maximum Gasteiger partial charge on any atom is 0.470 e. The van der Waals surface area contributed by atoms with Gasteiger partial charge in [0, 0.05) is 6.04 Å². The first-order valence-electron chi connectivity index (χ1n) is 6.63. The molecule has 0 unspecified atom stereocenters. The second-order valence-electron chi connectivity index (χ2n) is 4.84. The summed E-state index contributed by atoms with van der Waals surface area (Å²) in [6.45, 7) is -0.865. The van der Waals surface area contributed by atoms with Crippen molar-refractivity contribution in [3.05, 3.63) is 0 Å². The van der Waals surface area contributed by atoms with E-state index in [1.165, 1.54) is 32.1 Å². The number of nitrogens with two attached hydrogens (primary N) is 1. The van der Waals surface area contributed by atoms with Gasteiger partial charge in [-0.2, -0.15) is 0 Å². The Balaban J connectivity index is 0.000000471. The van der Waals surface area contributed by atoms with Crippen molar-refractivity contribution in [1.82, 2.24) is 0 Å². The lowest BCUT2D eigenvalue weighted by Crippen LogP contribution is -2.41. The molecule has 0 aliphatic heterocycles. The van der Waals surface area contributed by atoms with Crippen molar-refractivity contribution < 1.29 is 39.0 Å². The summed E-state index contributed by atoms with van der Waals surface area (Å²) in [6, 6.07) is 0.536. The normalized spacial score (nSPS) is 20.9. The van der Waals surface area contributed by atoms with E-state index in [9.17, 15) is 9.36 Å². The van der Waals surface area contributed by atoms with Gasteiger partial charge < -0.3 is 35.6 Å². The Bertz CT molecular complexity index is 330. The van der Waals surface area contributed by atoms with E-state index in [4.69, 9.17) is 30.8 Å². The minimum Gasteiger partial charge on any atom is -0.394 e. The SMILES string of the molecule is NC1CCCCC1.O=C[C@H](OP(=O)(O)O)[C@H](O)[C@H](O)CO. The second kappa shape index (κ2) is 10.4. The molecule has 0 heterocycles. The molecular weight excluding hydrogens is 305 g/mol. The molecule has 0 aromatic heterocycles. The molecule has 9 nitrogen and oxygen atoms in total. The van der Waals surface area contributed by atoms with Crippen molar-refractivity contribution in [3.63, 3.8) is 0 Å². The van der Waals surface area contributed by atoms with Crippen LogP contribution in [0, 0.1) is 0 Å². The van der Waals surface area contributed by atoms with Crippen molar-refractivity contribution in [2.45, 2.75) is 56.5 Å². The molecule has 3 atom stereocenters. The van der Waals surface area contributed by atoms with Crippen LogP contribution in [0.15, 0.2) is 0 Å². The molecule has 126 valence electrons. The maximum absolute atomic E-state index is 10.3. The van der Waals surface area contributed by atoms with Crippen molar-refractivity contribution in [3.8, 4) is 0 Å².